The van der Waals surface area contributed by atoms with Crippen LogP contribution in [0, 0.1) is 38.0 Å². The van der Waals surface area contributed by atoms with E-state index in [-0.39, 0.29) is 29.5 Å². The first-order chi connectivity index (χ1) is 38.7. The molecule has 0 radical (unpaired) electrons. The number of nitrogens with one attached hydrogen (secondary N) is 2. The Morgan fingerprint density at radius 2 is 1.07 bits per heavy atom. The number of hydrogen-bond acceptors (Lipinski definition) is 14. The molecule has 4 aromatic heterocycles. The predicted octanol–water partition coefficient (Wildman–Crippen LogP) is 10.7. The highest BCUT2D eigenvalue weighted by Gasteiger charge is 2.34. The van der Waals surface area contributed by atoms with Crippen LogP contribution >= 0.6 is 11.6 Å². The van der Waals surface area contributed by atoms with Gasteiger partial charge in [-0.3, -0.25) is 29.1 Å². The second kappa shape index (κ2) is 29.1. The van der Waals surface area contributed by atoms with Crippen LogP contribution in [0.2, 0.25) is 5.15 Å². The second-order valence-electron chi connectivity index (χ2n) is 17.8. The molecule has 23 heteroatoms. The smallest absolute Gasteiger partial charge is 0.433 e. The minimum Gasteiger partial charge on any atom is -0.469 e. The number of esters is 2. The topological polar surface area (TPSA) is 187 Å². The van der Waals surface area contributed by atoms with Gasteiger partial charge in [-0.15, -0.1) is 12.3 Å². The molecule has 2 N–H and O–H groups in total. The number of aryl methyl sites for hydroxylation is 2. The number of halogens is 7. The van der Waals surface area contributed by atoms with Gasteiger partial charge in [0.1, 0.15) is 17.1 Å². The monoisotopic (exact) mass is 1140 g/mol. The van der Waals surface area contributed by atoms with Gasteiger partial charge in [-0.25, -0.2) is 9.97 Å². The van der Waals surface area contributed by atoms with Crippen molar-refractivity contribution >= 4 is 58.1 Å². The van der Waals surface area contributed by atoms with Crippen LogP contribution < -0.4 is 20.4 Å². The third-order valence-electron chi connectivity index (χ3n) is 12.2. The first-order valence-electron chi connectivity index (χ1n) is 25.0. The number of aromatic nitrogens is 4. The lowest BCUT2D eigenvalue weighted by atomic mass is 10.00. The standard InChI is InChI=1S/C29H27F3N4O4.C23H20ClF3N4O2.C6H8O2/c1-19-7-8-22(35-28(38)20-9-10-33-26(16-20)29(30,31)32)17-23(19)21-15-25(36-11-13-40-14-12-36)24(34-18-21)5-3-4-6-27(37)39-2;1-14-2-3-17(30-22(32)15-4-5-28-20(11-15)23(25,26)27)12-18(14)16-10-19(21(24)29-13-16)31-6-8-33-9-7-31;1-3-4-5-6(7)8-2/h7-10,15-18H,4,6,11-14H2,1-2H3,(H,35,38);2-5,10-13H,6-9H2,1H3,(H,30,32);1H,4-5H2,2H3. The summed E-state index contributed by atoms with van der Waals surface area (Å²) in [7, 11) is 2.68. The van der Waals surface area contributed by atoms with Crippen LogP contribution in [0.25, 0.3) is 22.3 Å². The molecule has 2 aliphatic rings. The van der Waals surface area contributed by atoms with Gasteiger partial charge < -0.3 is 39.4 Å². The van der Waals surface area contributed by atoms with E-state index in [4.69, 9.17) is 27.5 Å². The lowest BCUT2D eigenvalue weighted by Gasteiger charge is -2.29. The van der Waals surface area contributed by atoms with Gasteiger partial charge >= 0.3 is 24.3 Å². The Kier molecular flexibility index (Phi) is 22.1. The molecule has 2 fully saturated rings. The summed E-state index contributed by atoms with van der Waals surface area (Å²) in [5, 5.41) is 5.72. The van der Waals surface area contributed by atoms with Gasteiger partial charge in [0.2, 0.25) is 0 Å². The average Bonchev–Trinajstić information content (AvgIpc) is 3.49. The zero-order chi connectivity index (χ0) is 58.7. The van der Waals surface area contributed by atoms with E-state index in [1.54, 1.807) is 36.7 Å². The lowest BCUT2D eigenvalue weighted by Crippen LogP contribution is -2.36. The largest absolute Gasteiger partial charge is 0.469 e. The number of alkyl halides is 6. The number of rotatable bonds is 12. The number of benzene rings is 2. The van der Waals surface area contributed by atoms with Gasteiger partial charge in [-0.1, -0.05) is 29.7 Å². The first-order valence-corrected chi connectivity index (χ1v) is 25.3. The van der Waals surface area contributed by atoms with E-state index >= 15 is 0 Å². The number of morpholine rings is 2. The maximum atomic E-state index is 13.0. The Hall–Kier alpha value is -8.57. The maximum Gasteiger partial charge on any atom is 0.433 e. The van der Waals surface area contributed by atoms with Crippen molar-refractivity contribution in [2.45, 2.75) is 51.9 Å². The SMILES string of the molecule is C#CCCC(=O)OC.COC(=O)CCC#Cc1ncc(-c2cc(NC(=O)c3ccnc(C(F)(F)F)c3)ccc2C)cc1N1CCOCC1.Cc1ccc(NC(=O)c2ccnc(C(F)(F)F)c2)cc1-c1cnc(Cl)c(N2CCOCC2)c1. The Bertz CT molecular complexity index is 3310. The average molecular weight is 1140 g/mol. The fraction of sp³-hybridized carbons (Fsp3) is 0.310. The first kappa shape index (κ1) is 61.6. The van der Waals surface area contributed by atoms with Crippen LogP contribution in [0.15, 0.2) is 97.6 Å². The van der Waals surface area contributed by atoms with E-state index in [9.17, 15) is 45.5 Å². The molecular formula is C58H55ClF6N8O8. The number of anilines is 4. The molecule has 2 aliphatic heterocycles. The molecular weight excluding hydrogens is 1090 g/mol. The molecule has 2 saturated heterocycles. The van der Waals surface area contributed by atoms with Gasteiger partial charge in [0.15, 0.2) is 5.15 Å². The lowest BCUT2D eigenvalue weighted by molar-refractivity contribution is -0.142. The molecule has 2 aromatic carbocycles. The molecule has 0 unspecified atom stereocenters. The highest BCUT2D eigenvalue weighted by Crippen LogP contribution is 2.35. The fourth-order valence-corrected chi connectivity index (χ4v) is 8.15. The molecule has 424 valence electrons. The minimum atomic E-state index is -4.66. The number of methoxy groups -OCH3 is 2. The van der Waals surface area contributed by atoms with Crippen LogP contribution in [-0.2, 0) is 40.9 Å². The molecule has 0 bridgehead atoms. The molecule has 2 amide bonds. The van der Waals surface area contributed by atoms with E-state index in [1.807, 2.05) is 38.1 Å². The number of ether oxygens (including phenoxy) is 4. The van der Waals surface area contributed by atoms with Gasteiger partial charge in [-0.05, 0) is 103 Å². The Morgan fingerprint density at radius 1 is 0.630 bits per heavy atom. The molecule has 6 heterocycles. The quantitative estimate of drug-likeness (QED) is 0.0510. The van der Waals surface area contributed by atoms with Gasteiger partial charge in [0.25, 0.3) is 11.8 Å². The predicted molar refractivity (Wildman–Crippen MR) is 292 cm³/mol. The second-order valence-corrected chi connectivity index (χ2v) is 18.2. The Balaban J connectivity index is 0.000000233. The van der Waals surface area contributed by atoms with Crippen molar-refractivity contribution < 1.29 is 64.5 Å². The van der Waals surface area contributed by atoms with Crippen LogP contribution in [-0.4, -0.2) is 111 Å². The van der Waals surface area contributed by atoms with Crippen molar-refractivity contribution in [1.82, 2.24) is 19.9 Å². The number of pyridine rings is 4. The van der Waals surface area contributed by atoms with Crippen molar-refractivity contribution in [1.29, 1.82) is 0 Å². The summed E-state index contributed by atoms with van der Waals surface area (Å²) in [6, 6.07) is 18.3. The summed E-state index contributed by atoms with van der Waals surface area (Å²) in [6.45, 7) is 8.87. The van der Waals surface area contributed by atoms with Gasteiger partial charge in [-0.2, -0.15) is 26.3 Å². The maximum absolute atomic E-state index is 13.0. The zero-order valence-corrected chi connectivity index (χ0v) is 45.2. The number of nitrogens with zero attached hydrogens (tertiary/aromatic N) is 6. The fourth-order valence-electron chi connectivity index (χ4n) is 7.92. The van der Waals surface area contributed by atoms with Crippen LogP contribution in [0.5, 0.6) is 0 Å². The van der Waals surface area contributed by atoms with Gasteiger partial charge in [0, 0.05) is 97.4 Å². The van der Waals surface area contributed by atoms with Gasteiger partial charge in [0.05, 0.1) is 64.9 Å². The molecule has 0 spiro atoms. The number of amides is 2. The minimum absolute atomic E-state index is 0.137. The Labute approximate surface area is 468 Å². The molecule has 0 saturated carbocycles. The highest BCUT2D eigenvalue weighted by molar-refractivity contribution is 6.32. The van der Waals surface area contributed by atoms with Crippen LogP contribution in [0.4, 0.5) is 49.1 Å². The number of terminal acetylenes is 1. The zero-order valence-electron chi connectivity index (χ0n) is 44.4. The summed E-state index contributed by atoms with van der Waals surface area (Å²) in [5.74, 6) is 6.44. The van der Waals surface area contributed by atoms with E-state index in [0.29, 0.717) is 100 Å². The molecule has 16 nitrogen and oxygen atoms in total. The molecule has 0 atom stereocenters. The van der Waals surface area contributed by atoms with E-state index in [2.05, 4.69) is 67.6 Å². The summed E-state index contributed by atoms with van der Waals surface area (Å²) in [5.41, 5.74) is 5.51. The molecule has 81 heavy (non-hydrogen) atoms. The van der Waals surface area contributed by atoms with Crippen molar-refractivity contribution in [3.63, 3.8) is 0 Å². The molecule has 0 aliphatic carbocycles. The number of hydrogen-bond donors (Lipinski definition) is 2. The summed E-state index contributed by atoms with van der Waals surface area (Å²) in [4.78, 5) is 66.7. The number of carbonyl (C=O) groups is 4. The van der Waals surface area contributed by atoms with Crippen LogP contribution in [0.3, 0.4) is 0 Å². The third-order valence-corrected chi connectivity index (χ3v) is 12.5. The summed E-state index contributed by atoms with van der Waals surface area (Å²) in [6.07, 6.45) is 2.15. The van der Waals surface area contributed by atoms with Crippen molar-refractivity contribution in [3.05, 3.63) is 142 Å². The van der Waals surface area contributed by atoms with E-state index < -0.39 is 35.6 Å². The normalized spacial score (nSPS) is 13.1. The van der Waals surface area contributed by atoms with Crippen LogP contribution in [0.1, 0.15) is 74.6 Å². The molecule has 6 aromatic rings. The van der Waals surface area contributed by atoms with Crippen molar-refractivity contribution in [2.24, 2.45) is 0 Å². The molecule has 8 rings (SSSR count). The van der Waals surface area contributed by atoms with E-state index in [1.165, 1.54) is 26.4 Å². The van der Waals surface area contributed by atoms with Crippen molar-refractivity contribution in [3.8, 4) is 46.4 Å². The Morgan fingerprint density at radius 3 is 1.53 bits per heavy atom. The third kappa shape index (κ3) is 18.0. The van der Waals surface area contributed by atoms with E-state index in [0.717, 1.165) is 63.2 Å². The summed E-state index contributed by atoms with van der Waals surface area (Å²) < 4.78 is 97.7. The van der Waals surface area contributed by atoms with Crippen molar-refractivity contribution in [2.75, 3.05) is 87.3 Å². The number of carbonyl (C=O) groups excluding carboxylic acids is 4. The summed E-state index contributed by atoms with van der Waals surface area (Å²) >= 11 is 6.33. The highest BCUT2D eigenvalue weighted by atomic mass is 35.5.